The van der Waals surface area contributed by atoms with Crippen molar-refractivity contribution in [2.24, 2.45) is 0 Å². The van der Waals surface area contributed by atoms with Gasteiger partial charge >= 0.3 is 0 Å². The van der Waals surface area contributed by atoms with E-state index in [1.54, 1.807) is 0 Å². The quantitative estimate of drug-likeness (QED) is 0.847. The van der Waals surface area contributed by atoms with E-state index in [0.29, 0.717) is 5.95 Å². The molecule has 0 fully saturated rings. The molecule has 21 heavy (non-hydrogen) atoms. The summed E-state index contributed by atoms with van der Waals surface area (Å²) in [4.78, 5) is 6.85. The zero-order valence-corrected chi connectivity index (χ0v) is 13.0. The minimum absolute atomic E-state index is 0.597. The topological polar surface area (TPSA) is 53.9 Å². The predicted molar refractivity (Wildman–Crippen MR) is 86.3 cm³/mol. The molecular formula is C16H23N5. The molecule has 0 saturated carbocycles. The highest BCUT2D eigenvalue weighted by Gasteiger charge is 2.07. The summed E-state index contributed by atoms with van der Waals surface area (Å²) in [6.45, 7) is 10.2. The van der Waals surface area contributed by atoms with E-state index in [1.165, 1.54) is 0 Å². The van der Waals surface area contributed by atoms with Gasteiger partial charge in [-0.2, -0.15) is 0 Å². The van der Waals surface area contributed by atoms with Gasteiger partial charge in [-0.15, -0.1) is 10.2 Å². The average molecular weight is 285 g/mol. The Balaban J connectivity index is 1.99. The number of hydrogen-bond donors (Lipinski definition) is 1. The maximum absolute atomic E-state index is 4.49. The van der Waals surface area contributed by atoms with Crippen LogP contribution in [-0.4, -0.2) is 46.3 Å². The molecule has 0 aliphatic carbocycles. The second-order valence-electron chi connectivity index (χ2n) is 4.89. The third-order valence-electron chi connectivity index (χ3n) is 3.51. The molecule has 1 aromatic carbocycles. The number of aromatic nitrogens is 3. The molecule has 0 amide bonds. The first kappa shape index (κ1) is 15.4. The van der Waals surface area contributed by atoms with Gasteiger partial charge in [0.25, 0.3) is 0 Å². The summed E-state index contributed by atoms with van der Waals surface area (Å²) < 4.78 is 0. The Kier molecular flexibility index (Phi) is 5.63. The number of benzene rings is 1. The third kappa shape index (κ3) is 4.23. The molecule has 0 saturated heterocycles. The lowest BCUT2D eigenvalue weighted by Crippen LogP contribution is -2.29. The summed E-state index contributed by atoms with van der Waals surface area (Å²) in [5, 5.41) is 11.7. The summed E-state index contributed by atoms with van der Waals surface area (Å²) in [5.41, 5.74) is 2.77. The highest BCUT2D eigenvalue weighted by atomic mass is 15.2. The van der Waals surface area contributed by atoms with Crippen molar-refractivity contribution in [1.29, 1.82) is 0 Å². The van der Waals surface area contributed by atoms with Crippen molar-refractivity contribution >= 4 is 5.95 Å². The monoisotopic (exact) mass is 285 g/mol. The largest absolute Gasteiger partial charge is 0.352 e. The van der Waals surface area contributed by atoms with Gasteiger partial charge in [-0.05, 0) is 20.0 Å². The van der Waals surface area contributed by atoms with E-state index >= 15 is 0 Å². The molecule has 112 valence electrons. The van der Waals surface area contributed by atoms with Crippen LogP contribution in [0, 0.1) is 6.92 Å². The van der Waals surface area contributed by atoms with Gasteiger partial charge < -0.3 is 10.2 Å². The molecule has 0 radical (unpaired) electrons. The zero-order valence-electron chi connectivity index (χ0n) is 13.0. The molecule has 0 unspecified atom stereocenters. The van der Waals surface area contributed by atoms with Crippen molar-refractivity contribution in [3.8, 4) is 11.3 Å². The SMILES string of the molecule is CCN(CC)CCNc1nnc(-c2ccccc2)c(C)n1. The van der Waals surface area contributed by atoms with Crippen LogP contribution in [0.25, 0.3) is 11.3 Å². The molecule has 1 aromatic heterocycles. The van der Waals surface area contributed by atoms with Gasteiger partial charge in [0.05, 0.1) is 5.69 Å². The Hall–Kier alpha value is -2.01. The first-order chi connectivity index (χ1) is 10.2. The van der Waals surface area contributed by atoms with Crippen LogP contribution in [0.15, 0.2) is 30.3 Å². The van der Waals surface area contributed by atoms with Crippen LogP contribution < -0.4 is 5.32 Å². The normalized spacial score (nSPS) is 10.9. The fourth-order valence-corrected chi connectivity index (χ4v) is 2.21. The van der Waals surface area contributed by atoms with Gasteiger partial charge in [-0.25, -0.2) is 4.98 Å². The van der Waals surface area contributed by atoms with Crippen LogP contribution in [-0.2, 0) is 0 Å². The van der Waals surface area contributed by atoms with Gasteiger partial charge in [0.15, 0.2) is 0 Å². The van der Waals surface area contributed by atoms with Crippen molar-refractivity contribution in [3.05, 3.63) is 36.0 Å². The standard InChI is InChI=1S/C16H23N5/c1-4-21(5-2)12-11-17-16-18-13(3)15(19-20-16)14-9-7-6-8-10-14/h6-10H,4-5,11-12H2,1-3H3,(H,17,18,20). The first-order valence-electron chi connectivity index (χ1n) is 7.47. The van der Waals surface area contributed by atoms with Crippen molar-refractivity contribution < 1.29 is 0 Å². The Morgan fingerprint density at radius 3 is 2.38 bits per heavy atom. The molecule has 1 N–H and O–H groups in total. The Bertz CT molecular complexity index is 552. The number of likely N-dealkylation sites (N-methyl/N-ethyl adjacent to an activating group) is 1. The molecule has 1 heterocycles. The molecule has 0 atom stereocenters. The van der Waals surface area contributed by atoms with Crippen LogP contribution in [0.4, 0.5) is 5.95 Å². The van der Waals surface area contributed by atoms with Crippen molar-refractivity contribution in [1.82, 2.24) is 20.1 Å². The fraction of sp³-hybridized carbons (Fsp3) is 0.438. The Morgan fingerprint density at radius 1 is 1.05 bits per heavy atom. The first-order valence-corrected chi connectivity index (χ1v) is 7.47. The summed E-state index contributed by atoms with van der Waals surface area (Å²) in [7, 11) is 0. The molecule has 0 spiro atoms. The van der Waals surface area contributed by atoms with E-state index in [4.69, 9.17) is 0 Å². The molecule has 0 bridgehead atoms. The lowest BCUT2D eigenvalue weighted by atomic mass is 10.1. The van der Waals surface area contributed by atoms with E-state index in [-0.39, 0.29) is 0 Å². The minimum atomic E-state index is 0.597. The fourth-order valence-electron chi connectivity index (χ4n) is 2.21. The number of aryl methyl sites for hydroxylation is 1. The third-order valence-corrected chi connectivity index (χ3v) is 3.51. The summed E-state index contributed by atoms with van der Waals surface area (Å²) in [6.07, 6.45) is 0. The lowest BCUT2D eigenvalue weighted by Gasteiger charge is -2.17. The molecule has 5 nitrogen and oxygen atoms in total. The van der Waals surface area contributed by atoms with E-state index in [2.05, 4.69) is 39.2 Å². The highest BCUT2D eigenvalue weighted by molar-refractivity contribution is 5.60. The molecule has 0 aliphatic heterocycles. The van der Waals surface area contributed by atoms with Crippen molar-refractivity contribution in [3.63, 3.8) is 0 Å². The number of hydrogen-bond acceptors (Lipinski definition) is 5. The van der Waals surface area contributed by atoms with Gasteiger partial charge in [-0.3, -0.25) is 0 Å². The van der Waals surface area contributed by atoms with Crippen LogP contribution in [0.2, 0.25) is 0 Å². The van der Waals surface area contributed by atoms with Gasteiger partial charge in [0.1, 0.15) is 5.69 Å². The van der Waals surface area contributed by atoms with E-state index in [0.717, 1.165) is 43.1 Å². The van der Waals surface area contributed by atoms with Crippen LogP contribution in [0.3, 0.4) is 0 Å². The van der Waals surface area contributed by atoms with Crippen molar-refractivity contribution in [2.75, 3.05) is 31.5 Å². The van der Waals surface area contributed by atoms with Crippen LogP contribution in [0.1, 0.15) is 19.5 Å². The summed E-state index contributed by atoms with van der Waals surface area (Å²) >= 11 is 0. The molecule has 5 heteroatoms. The Labute approximate surface area is 126 Å². The summed E-state index contributed by atoms with van der Waals surface area (Å²) in [6, 6.07) is 10.0. The molecular weight excluding hydrogens is 262 g/mol. The van der Waals surface area contributed by atoms with Gasteiger partial charge in [-0.1, -0.05) is 44.2 Å². The average Bonchev–Trinajstić information content (AvgIpc) is 2.52. The maximum Gasteiger partial charge on any atom is 0.243 e. The van der Waals surface area contributed by atoms with E-state index in [9.17, 15) is 0 Å². The number of nitrogens with one attached hydrogen (secondary N) is 1. The molecule has 2 aromatic rings. The maximum atomic E-state index is 4.49. The van der Waals surface area contributed by atoms with Crippen molar-refractivity contribution in [2.45, 2.75) is 20.8 Å². The second kappa shape index (κ2) is 7.69. The smallest absolute Gasteiger partial charge is 0.243 e. The number of anilines is 1. The van der Waals surface area contributed by atoms with Crippen LogP contribution in [0.5, 0.6) is 0 Å². The molecule has 0 aliphatic rings. The lowest BCUT2D eigenvalue weighted by molar-refractivity contribution is 0.315. The predicted octanol–water partition coefficient (Wildman–Crippen LogP) is 2.60. The Morgan fingerprint density at radius 2 is 1.76 bits per heavy atom. The highest BCUT2D eigenvalue weighted by Crippen LogP contribution is 2.18. The zero-order chi connectivity index (χ0) is 15.1. The number of nitrogens with zero attached hydrogens (tertiary/aromatic N) is 4. The van der Waals surface area contributed by atoms with Gasteiger partial charge in [0, 0.05) is 18.7 Å². The molecule has 2 rings (SSSR count). The van der Waals surface area contributed by atoms with E-state index < -0.39 is 0 Å². The second-order valence-corrected chi connectivity index (χ2v) is 4.89. The van der Waals surface area contributed by atoms with Gasteiger partial charge in [0.2, 0.25) is 5.95 Å². The number of rotatable bonds is 7. The minimum Gasteiger partial charge on any atom is -0.352 e. The van der Waals surface area contributed by atoms with E-state index in [1.807, 2.05) is 37.3 Å². The summed E-state index contributed by atoms with van der Waals surface area (Å²) in [5.74, 6) is 0.597. The van der Waals surface area contributed by atoms with Crippen LogP contribution >= 0.6 is 0 Å².